The summed E-state index contributed by atoms with van der Waals surface area (Å²) in [5.74, 6) is 0.696. The zero-order chi connectivity index (χ0) is 20.5. The smallest absolute Gasteiger partial charge is 0.187 e. The zero-order valence-corrected chi connectivity index (χ0v) is 18.6. The van der Waals surface area contributed by atoms with Crippen LogP contribution in [0.3, 0.4) is 0 Å². The van der Waals surface area contributed by atoms with E-state index in [1.165, 1.54) is 0 Å². The van der Waals surface area contributed by atoms with Crippen molar-refractivity contribution < 1.29 is 4.74 Å². The third-order valence-electron chi connectivity index (χ3n) is 3.98. The third kappa shape index (κ3) is 6.85. The molecule has 0 aliphatic heterocycles. The van der Waals surface area contributed by atoms with Gasteiger partial charge in [0.25, 0.3) is 0 Å². The largest absolute Gasteiger partial charge is 0.488 e. The topological polar surface area (TPSA) is 45.7 Å². The zero-order valence-electron chi connectivity index (χ0n) is 15.4. The van der Waals surface area contributed by atoms with Gasteiger partial charge in [-0.15, -0.1) is 0 Å². The van der Waals surface area contributed by atoms with Gasteiger partial charge in [-0.3, -0.25) is 5.43 Å². The lowest BCUT2D eigenvalue weighted by molar-refractivity contribution is 0.306. The van der Waals surface area contributed by atoms with E-state index in [-0.39, 0.29) is 0 Å². The van der Waals surface area contributed by atoms with E-state index in [9.17, 15) is 0 Å². The molecule has 0 saturated heterocycles. The van der Waals surface area contributed by atoms with Crippen LogP contribution >= 0.6 is 39.7 Å². The Hall–Kier alpha value is -2.41. The minimum Gasteiger partial charge on any atom is -0.488 e. The standard InChI is InChI=1S/C22H19BrClN3OS/c23-19-10-11-21(28-15-17-8-4-5-9-20(17)24)18(12-19)14-26-27-22(29)25-13-16-6-2-1-3-7-16/h1-12,14H,13,15H2,(H2,25,27,29)/b26-14-. The van der Waals surface area contributed by atoms with Gasteiger partial charge >= 0.3 is 0 Å². The van der Waals surface area contributed by atoms with Crippen LogP contribution in [0.5, 0.6) is 5.75 Å². The molecule has 0 atom stereocenters. The van der Waals surface area contributed by atoms with E-state index in [0.29, 0.717) is 29.0 Å². The van der Waals surface area contributed by atoms with Crippen LogP contribution in [-0.2, 0) is 13.2 Å². The van der Waals surface area contributed by atoms with Gasteiger partial charge in [0.2, 0.25) is 0 Å². The summed E-state index contributed by atoms with van der Waals surface area (Å²) in [6.45, 7) is 0.998. The Morgan fingerprint density at radius 2 is 1.83 bits per heavy atom. The first-order chi connectivity index (χ1) is 14.1. The van der Waals surface area contributed by atoms with Gasteiger partial charge in [-0.25, -0.2) is 0 Å². The number of benzene rings is 3. The summed E-state index contributed by atoms with van der Waals surface area (Å²) in [4.78, 5) is 0. The van der Waals surface area contributed by atoms with Crippen molar-refractivity contribution in [3.63, 3.8) is 0 Å². The fraction of sp³-hybridized carbons (Fsp3) is 0.0909. The summed E-state index contributed by atoms with van der Waals surface area (Å²) in [5.41, 5.74) is 5.70. The van der Waals surface area contributed by atoms with E-state index in [0.717, 1.165) is 21.2 Å². The van der Waals surface area contributed by atoms with Crippen molar-refractivity contribution in [2.45, 2.75) is 13.2 Å². The van der Waals surface area contributed by atoms with Gasteiger partial charge in [0.05, 0.1) is 6.21 Å². The maximum atomic E-state index is 6.20. The maximum Gasteiger partial charge on any atom is 0.187 e. The van der Waals surface area contributed by atoms with Crippen LogP contribution in [0.25, 0.3) is 0 Å². The fourth-order valence-corrected chi connectivity index (χ4v) is 3.19. The Balaban J connectivity index is 1.58. The number of ether oxygens (including phenoxy) is 1. The van der Waals surface area contributed by atoms with Crippen LogP contribution in [0.1, 0.15) is 16.7 Å². The van der Waals surface area contributed by atoms with Crippen molar-refractivity contribution in [2.24, 2.45) is 5.10 Å². The lowest BCUT2D eigenvalue weighted by atomic mass is 10.2. The first-order valence-electron chi connectivity index (χ1n) is 8.88. The lowest BCUT2D eigenvalue weighted by Crippen LogP contribution is -2.31. The van der Waals surface area contributed by atoms with Gasteiger partial charge in [-0.2, -0.15) is 5.10 Å². The summed E-state index contributed by atoms with van der Waals surface area (Å²) in [6, 6.07) is 23.4. The Kier molecular flexibility index (Phi) is 8.04. The molecule has 3 rings (SSSR count). The Labute approximate surface area is 189 Å². The van der Waals surface area contributed by atoms with Gasteiger partial charge in [0.15, 0.2) is 5.11 Å². The monoisotopic (exact) mass is 487 g/mol. The Morgan fingerprint density at radius 1 is 1.07 bits per heavy atom. The molecule has 0 fully saturated rings. The predicted molar refractivity (Wildman–Crippen MR) is 127 cm³/mol. The van der Waals surface area contributed by atoms with Gasteiger partial charge in [0.1, 0.15) is 12.4 Å². The van der Waals surface area contributed by atoms with Crippen LogP contribution in [0.4, 0.5) is 0 Å². The summed E-state index contributed by atoms with van der Waals surface area (Å²) < 4.78 is 6.87. The highest BCUT2D eigenvalue weighted by molar-refractivity contribution is 9.10. The summed E-state index contributed by atoms with van der Waals surface area (Å²) in [5, 5.41) is 8.46. The number of nitrogens with zero attached hydrogens (tertiary/aromatic N) is 1. The molecule has 7 heteroatoms. The molecule has 0 aromatic heterocycles. The van der Waals surface area contributed by atoms with Crippen molar-refractivity contribution >= 4 is 51.1 Å². The van der Waals surface area contributed by atoms with E-state index in [1.807, 2.05) is 72.8 Å². The SMILES string of the molecule is S=C(NCc1ccccc1)N/N=C\c1cc(Br)ccc1OCc1ccccc1Cl. The van der Waals surface area contributed by atoms with Crippen LogP contribution in [0.15, 0.2) is 82.4 Å². The highest BCUT2D eigenvalue weighted by Crippen LogP contribution is 2.24. The first kappa shape index (κ1) is 21.3. The van der Waals surface area contributed by atoms with E-state index in [2.05, 4.69) is 31.8 Å². The van der Waals surface area contributed by atoms with Crippen molar-refractivity contribution in [2.75, 3.05) is 0 Å². The van der Waals surface area contributed by atoms with Gasteiger partial charge < -0.3 is 10.1 Å². The van der Waals surface area contributed by atoms with Gasteiger partial charge in [-0.05, 0) is 42.0 Å². The number of thiocarbonyl (C=S) groups is 1. The molecule has 0 spiro atoms. The lowest BCUT2D eigenvalue weighted by Gasteiger charge is -2.11. The molecule has 148 valence electrons. The molecule has 0 aliphatic rings. The number of hydrogen-bond acceptors (Lipinski definition) is 3. The Bertz CT molecular complexity index is 998. The number of halogens is 2. The molecular weight excluding hydrogens is 470 g/mol. The maximum absolute atomic E-state index is 6.20. The molecule has 0 saturated carbocycles. The molecule has 3 aromatic rings. The van der Waals surface area contributed by atoms with Crippen molar-refractivity contribution in [1.29, 1.82) is 0 Å². The van der Waals surface area contributed by atoms with E-state index < -0.39 is 0 Å². The molecule has 0 aliphatic carbocycles. The molecule has 0 bridgehead atoms. The summed E-state index contributed by atoms with van der Waals surface area (Å²) >= 11 is 14.9. The second kappa shape index (κ2) is 11.0. The molecule has 29 heavy (non-hydrogen) atoms. The average molecular weight is 489 g/mol. The van der Waals surface area contributed by atoms with Crippen molar-refractivity contribution in [3.8, 4) is 5.75 Å². The van der Waals surface area contributed by atoms with Crippen molar-refractivity contribution in [1.82, 2.24) is 10.7 Å². The van der Waals surface area contributed by atoms with E-state index in [1.54, 1.807) is 6.21 Å². The average Bonchev–Trinajstić information content (AvgIpc) is 2.73. The number of hydrogen-bond donors (Lipinski definition) is 2. The van der Waals surface area contributed by atoms with Crippen LogP contribution in [0, 0.1) is 0 Å². The number of rotatable bonds is 7. The van der Waals surface area contributed by atoms with Crippen molar-refractivity contribution in [3.05, 3.63) is 99.0 Å². The molecular formula is C22H19BrClN3OS. The van der Waals surface area contributed by atoms with Gasteiger partial charge in [-0.1, -0.05) is 76.1 Å². The molecule has 3 aromatic carbocycles. The molecule has 0 unspecified atom stereocenters. The quantitative estimate of drug-likeness (QED) is 0.255. The first-order valence-corrected chi connectivity index (χ1v) is 10.5. The number of hydrazone groups is 1. The summed E-state index contributed by atoms with van der Waals surface area (Å²) in [7, 11) is 0. The Morgan fingerprint density at radius 3 is 2.62 bits per heavy atom. The van der Waals surface area contributed by atoms with Gasteiger partial charge in [0, 0.05) is 27.2 Å². The molecule has 0 radical (unpaired) electrons. The predicted octanol–water partition coefficient (Wildman–Crippen LogP) is 5.68. The number of nitrogens with one attached hydrogen (secondary N) is 2. The summed E-state index contributed by atoms with van der Waals surface area (Å²) in [6.07, 6.45) is 1.67. The molecule has 0 amide bonds. The van der Waals surface area contributed by atoms with E-state index >= 15 is 0 Å². The highest BCUT2D eigenvalue weighted by Gasteiger charge is 2.05. The van der Waals surface area contributed by atoms with Crippen LogP contribution in [-0.4, -0.2) is 11.3 Å². The molecule has 0 heterocycles. The highest BCUT2D eigenvalue weighted by atomic mass is 79.9. The fourth-order valence-electron chi connectivity index (χ4n) is 2.50. The minimum atomic E-state index is 0.368. The van der Waals surface area contributed by atoms with E-state index in [4.69, 9.17) is 28.6 Å². The van der Waals surface area contributed by atoms with Crippen LogP contribution in [0.2, 0.25) is 5.02 Å². The minimum absolute atomic E-state index is 0.368. The molecule has 2 N–H and O–H groups in total. The molecule has 4 nitrogen and oxygen atoms in total. The normalized spacial score (nSPS) is 10.7. The second-order valence-electron chi connectivity index (χ2n) is 6.10. The third-order valence-corrected chi connectivity index (χ3v) is 5.08. The second-order valence-corrected chi connectivity index (χ2v) is 7.83. The van der Waals surface area contributed by atoms with Crippen LogP contribution < -0.4 is 15.5 Å².